The van der Waals surface area contributed by atoms with Crippen LogP contribution in [0.15, 0.2) is 11.4 Å². The summed E-state index contributed by atoms with van der Waals surface area (Å²) in [6.45, 7) is -0.558. The van der Waals surface area contributed by atoms with E-state index in [-0.39, 0.29) is 0 Å². The van der Waals surface area contributed by atoms with Crippen molar-refractivity contribution in [3.05, 3.63) is 21.9 Å². The summed E-state index contributed by atoms with van der Waals surface area (Å²) >= 11 is 1.13. The minimum Gasteiger partial charge on any atom is -0.394 e. The summed E-state index contributed by atoms with van der Waals surface area (Å²) in [7, 11) is 0. The van der Waals surface area contributed by atoms with Crippen molar-refractivity contribution in [1.82, 2.24) is 5.32 Å². The first kappa shape index (κ1) is 15.9. The summed E-state index contributed by atoms with van der Waals surface area (Å²) in [5, 5.41) is 42.1. The fourth-order valence-electron chi connectivity index (χ4n) is 1.95. The van der Waals surface area contributed by atoms with E-state index >= 15 is 0 Å². The van der Waals surface area contributed by atoms with Crippen LogP contribution < -0.4 is 5.32 Å². The van der Waals surface area contributed by atoms with Gasteiger partial charge < -0.3 is 30.5 Å². The van der Waals surface area contributed by atoms with Gasteiger partial charge in [0.25, 0.3) is 5.91 Å². The van der Waals surface area contributed by atoms with E-state index in [0.29, 0.717) is 10.4 Å². The van der Waals surface area contributed by atoms with Gasteiger partial charge in [-0.05, 0) is 6.07 Å². The summed E-state index contributed by atoms with van der Waals surface area (Å²) in [5.74, 6) is 1.85. The van der Waals surface area contributed by atoms with Crippen LogP contribution in [0.5, 0.6) is 0 Å². The van der Waals surface area contributed by atoms with Crippen LogP contribution in [0.3, 0.4) is 0 Å². The normalized spacial score (nSPS) is 32.4. The minimum absolute atomic E-state index is 0.319. The molecule has 5 atom stereocenters. The third kappa shape index (κ3) is 3.24. The highest BCUT2D eigenvalue weighted by Crippen LogP contribution is 2.21. The number of hydrogen-bond donors (Lipinski definition) is 5. The second-order valence-electron chi connectivity index (χ2n) is 4.57. The topological polar surface area (TPSA) is 119 Å². The largest absolute Gasteiger partial charge is 0.394 e. The molecule has 1 fully saturated rings. The van der Waals surface area contributed by atoms with Crippen LogP contribution in [-0.4, -0.2) is 63.6 Å². The second kappa shape index (κ2) is 6.53. The van der Waals surface area contributed by atoms with Crippen LogP contribution in [0.1, 0.15) is 15.2 Å². The zero-order valence-electron chi connectivity index (χ0n) is 10.8. The monoisotopic (exact) mass is 313 g/mol. The number of hydrogen-bond acceptors (Lipinski definition) is 7. The van der Waals surface area contributed by atoms with Crippen molar-refractivity contribution in [2.45, 2.75) is 30.6 Å². The molecule has 0 unspecified atom stereocenters. The molecular formula is C13H15NO6S. The third-order valence-electron chi connectivity index (χ3n) is 3.16. The van der Waals surface area contributed by atoms with Crippen molar-refractivity contribution in [2.24, 2.45) is 0 Å². The predicted molar refractivity (Wildman–Crippen MR) is 73.5 cm³/mol. The average molecular weight is 313 g/mol. The molecule has 0 aromatic carbocycles. The molecule has 1 aromatic heterocycles. The highest BCUT2D eigenvalue weighted by atomic mass is 32.1. The Morgan fingerprint density at radius 3 is 2.67 bits per heavy atom. The van der Waals surface area contributed by atoms with Gasteiger partial charge in [-0.25, -0.2) is 0 Å². The lowest BCUT2D eigenvalue weighted by Crippen LogP contribution is -2.63. The Kier molecular flexibility index (Phi) is 4.95. The first-order chi connectivity index (χ1) is 9.97. The van der Waals surface area contributed by atoms with Gasteiger partial charge in [0.05, 0.1) is 11.5 Å². The zero-order chi connectivity index (χ0) is 15.6. The number of terminal acetylenes is 1. The van der Waals surface area contributed by atoms with Gasteiger partial charge in [-0.15, -0.1) is 17.8 Å². The summed E-state index contributed by atoms with van der Waals surface area (Å²) in [4.78, 5) is 12.3. The molecule has 1 aromatic rings. The molecule has 0 aliphatic carbocycles. The fourth-order valence-corrected chi connectivity index (χ4v) is 2.70. The smallest absolute Gasteiger partial charge is 0.263 e. The van der Waals surface area contributed by atoms with Crippen molar-refractivity contribution in [3.63, 3.8) is 0 Å². The van der Waals surface area contributed by atoms with Gasteiger partial charge in [-0.2, -0.15) is 0 Å². The number of rotatable bonds is 3. The standard InChI is InChI=1S/C13H15NO6S/c1-2-6-3-8(21-5-6)12(19)14-13-11(18)10(17)9(16)7(4-15)20-13/h1,3,5,7,9-11,13,15-18H,4H2,(H,14,19)/t7-,9-,10+,11-,13-/m1/s1. The van der Waals surface area contributed by atoms with Crippen LogP contribution in [0, 0.1) is 12.3 Å². The predicted octanol–water partition coefficient (Wildman–Crippen LogP) is -1.74. The summed E-state index contributed by atoms with van der Waals surface area (Å²) in [6.07, 6.45) is -1.62. The SMILES string of the molecule is C#Cc1csc(C(=O)N[C@@H]2O[C@H](CO)[C@@H](O)[C@H](O)[C@H]2O)c1. The summed E-state index contributed by atoms with van der Waals surface area (Å²) in [6, 6.07) is 1.50. The van der Waals surface area contributed by atoms with E-state index in [1.807, 2.05) is 0 Å². The Hall–Kier alpha value is -1.47. The fraction of sp³-hybridized carbons (Fsp3) is 0.462. The molecule has 0 radical (unpaired) electrons. The maximum atomic E-state index is 12.0. The van der Waals surface area contributed by atoms with Crippen LogP contribution in [0.4, 0.5) is 0 Å². The lowest BCUT2D eigenvalue weighted by molar-refractivity contribution is -0.233. The van der Waals surface area contributed by atoms with Gasteiger partial charge in [-0.1, -0.05) is 5.92 Å². The van der Waals surface area contributed by atoms with E-state index in [2.05, 4.69) is 11.2 Å². The van der Waals surface area contributed by atoms with E-state index < -0.39 is 43.2 Å². The van der Waals surface area contributed by atoms with Gasteiger partial charge in [0, 0.05) is 10.9 Å². The molecule has 7 nitrogen and oxygen atoms in total. The Bertz CT molecular complexity index is 551. The maximum Gasteiger partial charge on any atom is 0.263 e. The van der Waals surface area contributed by atoms with Crippen LogP contribution >= 0.6 is 11.3 Å². The number of carbonyl (C=O) groups is 1. The molecule has 114 valence electrons. The number of thiophene rings is 1. The van der Waals surface area contributed by atoms with Crippen molar-refractivity contribution in [1.29, 1.82) is 0 Å². The Labute approximate surface area is 124 Å². The molecule has 0 bridgehead atoms. The van der Waals surface area contributed by atoms with Crippen molar-refractivity contribution in [2.75, 3.05) is 6.61 Å². The molecule has 2 rings (SSSR count). The van der Waals surface area contributed by atoms with Crippen LogP contribution in [0.25, 0.3) is 0 Å². The van der Waals surface area contributed by atoms with Crippen LogP contribution in [-0.2, 0) is 4.74 Å². The molecule has 0 spiro atoms. The third-order valence-corrected chi connectivity index (χ3v) is 4.08. The first-order valence-electron chi connectivity index (χ1n) is 6.14. The number of ether oxygens (including phenoxy) is 1. The molecule has 0 saturated carbocycles. The molecular weight excluding hydrogens is 298 g/mol. The number of nitrogens with one attached hydrogen (secondary N) is 1. The zero-order valence-corrected chi connectivity index (χ0v) is 11.7. The maximum absolute atomic E-state index is 12.0. The second-order valence-corrected chi connectivity index (χ2v) is 5.48. The van der Waals surface area contributed by atoms with E-state index in [0.717, 1.165) is 11.3 Å². The number of aliphatic hydroxyl groups is 4. The number of aliphatic hydroxyl groups excluding tert-OH is 4. The van der Waals surface area contributed by atoms with Crippen LogP contribution in [0.2, 0.25) is 0 Å². The van der Waals surface area contributed by atoms with Gasteiger partial charge in [0.2, 0.25) is 0 Å². The van der Waals surface area contributed by atoms with Gasteiger partial charge in [0.15, 0.2) is 6.23 Å². The highest BCUT2D eigenvalue weighted by molar-refractivity contribution is 7.12. The van der Waals surface area contributed by atoms with Crippen molar-refractivity contribution in [3.8, 4) is 12.3 Å². The lowest BCUT2D eigenvalue weighted by Gasteiger charge is -2.40. The number of amides is 1. The minimum atomic E-state index is -1.54. The van der Waals surface area contributed by atoms with Crippen molar-refractivity contribution < 1.29 is 30.0 Å². The molecule has 1 amide bonds. The Balaban J connectivity index is 2.07. The molecule has 5 N–H and O–H groups in total. The molecule has 1 aliphatic heterocycles. The Morgan fingerprint density at radius 1 is 1.38 bits per heavy atom. The highest BCUT2D eigenvalue weighted by Gasteiger charge is 2.44. The van der Waals surface area contributed by atoms with E-state index in [9.17, 15) is 20.1 Å². The van der Waals surface area contributed by atoms with Gasteiger partial charge in [0.1, 0.15) is 24.4 Å². The van der Waals surface area contributed by atoms with E-state index in [4.69, 9.17) is 16.3 Å². The Morgan fingerprint density at radius 2 is 2.10 bits per heavy atom. The quantitative estimate of drug-likeness (QED) is 0.423. The van der Waals surface area contributed by atoms with Gasteiger partial charge in [-0.3, -0.25) is 4.79 Å². The van der Waals surface area contributed by atoms with Gasteiger partial charge >= 0.3 is 0 Å². The summed E-state index contributed by atoms with van der Waals surface area (Å²) in [5.41, 5.74) is 0.555. The first-order valence-corrected chi connectivity index (χ1v) is 7.02. The van der Waals surface area contributed by atoms with E-state index in [1.165, 1.54) is 6.07 Å². The lowest BCUT2D eigenvalue weighted by atomic mass is 9.98. The summed E-state index contributed by atoms with van der Waals surface area (Å²) < 4.78 is 5.18. The molecule has 21 heavy (non-hydrogen) atoms. The molecule has 8 heteroatoms. The van der Waals surface area contributed by atoms with Crippen molar-refractivity contribution >= 4 is 17.2 Å². The molecule has 2 heterocycles. The molecule has 1 saturated heterocycles. The molecule has 1 aliphatic rings. The average Bonchev–Trinajstić information content (AvgIpc) is 2.96. The number of carbonyl (C=O) groups excluding carboxylic acids is 1. The van der Waals surface area contributed by atoms with E-state index in [1.54, 1.807) is 5.38 Å².